The minimum absolute atomic E-state index is 0.180. The van der Waals surface area contributed by atoms with Gasteiger partial charge in [-0.2, -0.15) is 0 Å². The molecule has 2 rings (SSSR count). The SMILES string of the molecule is COc1cc(CNC(C)c2ccccc2)c(Cl)cc1OCC(N)=O. The molecule has 0 bridgehead atoms. The van der Waals surface area contributed by atoms with Gasteiger partial charge in [0.1, 0.15) is 0 Å². The minimum Gasteiger partial charge on any atom is -0.493 e. The molecule has 0 aliphatic heterocycles. The second-order valence-electron chi connectivity index (χ2n) is 5.36. The molecule has 5 nitrogen and oxygen atoms in total. The molecule has 128 valence electrons. The Hall–Kier alpha value is -2.24. The first-order valence-corrected chi connectivity index (χ1v) is 7.95. The third-order valence-corrected chi connectivity index (χ3v) is 3.95. The lowest BCUT2D eigenvalue weighted by Crippen LogP contribution is -2.20. The highest BCUT2D eigenvalue weighted by Crippen LogP contribution is 2.33. The van der Waals surface area contributed by atoms with Gasteiger partial charge in [-0.25, -0.2) is 0 Å². The van der Waals surface area contributed by atoms with Crippen LogP contribution in [0.15, 0.2) is 42.5 Å². The van der Waals surface area contributed by atoms with Gasteiger partial charge in [0.2, 0.25) is 0 Å². The highest BCUT2D eigenvalue weighted by Gasteiger charge is 2.13. The highest BCUT2D eigenvalue weighted by molar-refractivity contribution is 6.31. The van der Waals surface area contributed by atoms with Crippen LogP contribution in [0.5, 0.6) is 11.5 Å². The first-order valence-electron chi connectivity index (χ1n) is 7.57. The van der Waals surface area contributed by atoms with Gasteiger partial charge in [-0.1, -0.05) is 41.9 Å². The Morgan fingerprint density at radius 1 is 1.25 bits per heavy atom. The molecule has 1 atom stereocenters. The number of carbonyl (C=O) groups is 1. The van der Waals surface area contributed by atoms with E-state index in [1.165, 1.54) is 12.7 Å². The van der Waals surface area contributed by atoms with Crippen molar-refractivity contribution in [3.05, 3.63) is 58.6 Å². The maximum absolute atomic E-state index is 10.8. The van der Waals surface area contributed by atoms with Crippen molar-refractivity contribution in [3.8, 4) is 11.5 Å². The summed E-state index contributed by atoms with van der Waals surface area (Å²) in [6.45, 7) is 2.43. The Bertz CT molecular complexity index is 692. The summed E-state index contributed by atoms with van der Waals surface area (Å²) in [4.78, 5) is 10.8. The van der Waals surface area contributed by atoms with Crippen molar-refractivity contribution < 1.29 is 14.3 Å². The van der Waals surface area contributed by atoms with E-state index in [2.05, 4.69) is 24.4 Å². The lowest BCUT2D eigenvalue weighted by atomic mass is 10.1. The van der Waals surface area contributed by atoms with E-state index >= 15 is 0 Å². The quantitative estimate of drug-likeness (QED) is 0.769. The highest BCUT2D eigenvalue weighted by atomic mass is 35.5. The fourth-order valence-electron chi connectivity index (χ4n) is 2.26. The predicted molar refractivity (Wildman–Crippen MR) is 94.4 cm³/mol. The molecule has 0 saturated carbocycles. The second-order valence-corrected chi connectivity index (χ2v) is 5.77. The van der Waals surface area contributed by atoms with Gasteiger partial charge in [-0.15, -0.1) is 0 Å². The summed E-state index contributed by atoms with van der Waals surface area (Å²) in [5.74, 6) is 0.335. The molecule has 0 radical (unpaired) electrons. The molecule has 1 amide bonds. The standard InChI is InChI=1S/C18H21ClN2O3/c1-12(13-6-4-3-5-7-13)21-10-14-8-16(23-2)17(9-15(14)19)24-11-18(20)22/h3-9,12,21H,10-11H2,1-2H3,(H2,20,22). The van der Waals surface area contributed by atoms with E-state index in [1.807, 2.05) is 18.2 Å². The van der Waals surface area contributed by atoms with E-state index in [1.54, 1.807) is 12.1 Å². The molecule has 24 heavy (non-hydrogen) atoms. The Morgan fingerprint density at radius 3 is 2.58 bits per heavy atom. The van der Waals surface area contributed by atoms with Crippen molar-refractivity contribution in [2.75, 3.05) is 13.7 Å². The van der Waals surface area contributed by atoms with Crippen LogP contribution in [-0.2, 0) is 11.3 Å². The van der Waals surface area contributed by atoms with Crippen molar-refractivity contribution in [1.29, 1.82) is 0 Å². The zero-order valence-corrected chi connectivity index (χ0v) is 14.5. The molecule has 0 aromatic heterocycles. The second kappa shape index (κ2) is 8.57. The maximum atomic E-state index is 10.8. The van der Waals surface area contributed by atoms with E-state index in [-0.39, 0.29) is 12.6 Å². The third-order valence-electron chi connectivity index (χ3n) is 3.60. The van der Waals surface area contributed by atoms with Gasteiger partial charge >= 0.3 is 0 Å². The van der Waals surface area contributed by atoms with E-state index in [9.17, 15) is 4.79 Å². The number of rotatable bonds is 8. The lowest BCUT2D eigenvalue weighted by molar-refractivity contribution is -0.119. The Kier molecular flexibility index (Phi) is 6.46. The van der Waals surface area contributed by atoms with E-state index < -0.39 is 5.91 Å². The van der Waals surface area contributed by atoms with Crippen LogP contribution >= 0.6 is 11.6 Å². The molecule has 2 aromatic carbocycles. The maximum Gasteiger partial charge on any atom is 0.255 e. The van der Waals surface area contributed by atoms with Crippen LogP contribution < -0.4 is 20.5 Å². The van der Waals surface area contributed by atoms with E-state index in [4.69, 9.17) is 26.8 Å². The molecule has 2 aromatic rings. The number of hydrogen-bond acceptors (Lipinski definition) is 4. The third kappa shape index (κ3) is 4.88. The molecule has 0 aliphatic carbocycles. The zero-order chi connectivity index (χ0) is 17.5. The molecular formula is C18H21ClN2O3. The monoisotopic (exact) mass is 348 g/mol. The number of ether oxygens (including phenoxy) is 2. The molecule has 0 saturated heterocycles. The Morgan fingerprint density at radius 2 is 1.96 bits per heavy atom. The summed E-state index contributed by atoms with van der Waals surface area (Å²) in [6, 6.07) is 13.8. The van der Waals surface area contributed by atoms with Gasteiger partial charge in [0.25, 0.3) is 5.91 Å². The summed E-state index contributed by atoms with van der Waals surface area (Å²) in [6.07, 6.45) is 0. The van der Waals surface area contributed by atoms with Crippen LogP contribution in [0.3, 0.4) is 0 Å². The number of halogens is 1. The molecule has 3 N–H and O–H groups in total. The molecule has 0 aliphatic rings. The summed E-state index contributed by atoms with van der Waals surface area (Å²) >= 11 is 6.31. The molecular weight excluding hydrogens is 328 g/mol. The number of primary amides is 1. The van der Waals surface area contributed by atoms with Crippen LogP contribution in [0, 0.1) is 0 Å². The Balaban J connectivity index is 2.08. The number of hydrogen-bond donors (Lipinski definition) is 2. The largest absolute Gasteiger partial charge is 0.493 e. The first-order chi connectivity index (χ1) is 11.5. The van der Waals surface area contributed by atoms with Gasteiger partial charge in [0.15, 0.2) is 18.1 Å². The van der Waals surface area contributed by atoms with Crippen molar-refractivity contribution in [2.45, 2.75) is 19.5 Å². The minimum atomic E-state index is -0.560. The average molecular weight is 349 g/mol. The fraction of sp³-hybridized carbons (Fsp3) is 0.278. The van der Waals surface area contributed by atoms with Gasteiger partial charge in [0.05, 0.1) is 7.11 Å². The normalized spacial score (nSPS) is 11.8. The van der Waals surface area contributed by atoms with Gasteiger partial charge in [-0.05, 0) is 24.1 Å². The fourth-order valence-corrected chi connectivity index (χ4v) is 2.48. The van der Waals surface area contributed by atoms with Crippen LogP contribution in [-0.4, -0.2) is 19.6 Å². The summed E-state index contributed by atoms with van der Waals surface area (Å²) in [5.41, 5.74) is 7.16. The van der Waals surface area contributed by atoms with Crippen LogP contribution in [0.4, 0.5) is 0 Å². The van der Waals surface area contributed by atoms with Crippen LogP contribution in [0.1, 0.15) is 24.1 Å². The van der Waals surface area contributed by atoms with Crippen molar-refractivity contribution >= 4 is 17.5 Å². The first kappa shape index (κ1) is 18.1. The van der Waals surface area contributed by atoms with Crippen molar-refractivity contribution in [2.24, 2.45) is 5.73 Å². The number of benzene rings is 2. The molecule has 0 fully saturated rings. The molecule has 0 heterocycles. The van der Waals surface area contributed by atoms with E-state index in [0.29, 0.717) is 23.1 Å². The van der Waals surface area contributed by atoms with Gasteiger partial charge < -0.3 is 20.5 Å². The lowest BCUT2D eigenvalue weighted by Gasteiger charge is -2.17. The number of amides is 1. The summed E-state index contributed by atoms with van der Waals surface area (Å²) in [5, 5.41) is 3.95. The van der Waals surface area contributed by atoms with Gasteiger partial charge in [0, 0.05) is 23.7 Å². The van der Waals surface area contributed by atoms with Gasteiger partial charge in [-0.3, -0.25) is 4.79 Å². The Labute approximate surface area is 146 Å². The summed E-state index contributed by atoms with van der Waals surface area (Å²) in [7, 11) is 1.53. The average Bonchev–Trinajstić information content (AvgIpc) is 2.59. The zero-order valence-electron chi connectivity index (χ0n) is 13.7. The number of methoxy groups -OCH3 is 1. The number of nitrogens with two attached hydrogens (primary N) is 1. The number of nitrogens with one attached hydrogen (secondary N) is 1. The van der Waals surface area contributed by atoms with Crippen molar-refractivity contribution in [3.63, 3.8) is 0 Å². The smallest absolute Gasteiger partial charge is 0.255 e. The predicted octanol–water partition coefficient (Wildman–Crippen LogP) is 3.06. The molecule has 6 heteroatoms. The molecule has 0 spiro atoms. The molecule has 1 unspecified atom stereocenters. The number of carbonyl (C=O) groups excluding carboxylic acids is 1. The summed E-state index contributed by atoms with van der Waals surface area (Å²) < 4.78 is 10.6. The van der Waals surface area contributed by atoms with Crippen molar-refractivity contribution in [1.82, 2.24) is 5.32 Å². The van der Waals surface area contributed by atoms with E-state index in [0.717, 1.165) is 5.56 Å². The van der Waals surface area contributed by atoms with Crippen LogP contribution in [0.25, 0.3) is 0 Å². The topological polar surface area (TPSA) is 73.6 Å². The van der Waals surface area contributed by atoms with Crippen LogP contribution in [0.2, 0.25) is 5.02 Å².